The molecule has 3 rings (SSSR count). The topological polar surface area (TPSA) is 96.0 Å². The van der Waals surface area contributed by atoms with Crippen LogP contribution in [0.5, 0.6) is 5.75 Å². The van der Waals surface area contributed by atoms with E-state index < -0.39 is 28.5 Å². The molecule has 220 valence electrons. The van der Waals surface area contributed by atoms with Crippen LogP contribution in [0.3, 0.4) is 0 Å². The van der Waals surface area contributed by atoms with Crippen molar-refractivity contribution in [3.63, 3.8) is 0 Å². The summed E-state index contributed by atoms with van der Waals surface area (Å²) in [6.07, 6.45) is 1.07. The lowest BCUT2D eigenvalue weighted by Gasteiger charge is -2.34. The van der Waals surface area contributed by atoms with Crippen LogP contribution in [0.2, 0.25) is 5.02 Å². The van der Waals surface area contributed by atoms with E-state index in [-0.39, 0.29) is 29.1 Å². The van der Waals surface area contributed by atoms with Gasteiger partial charge in [-0.2, -0.15) is 0 Å². The fourth-order valence-electron chi connectivity index (χ4n) is 4.39. The summed E-state index contributed by atoms with van der Waals surface area (Å²) in [6.45, 7) is 6.97. The van der Waals surface area contributed by atoms with Crippen LogP contribution in [-0.4, -0.2) is 50.9 Å². The normalized spacial score (nSPS) is 12.7. The number of halogens is 1. The molecule has 41 heavy (non-hydrogen) atoms. The maximum atomic E-state index is 14.2. The average molecular weight is 600 g/mol. The molecule has 1 N–H and O–H groups in total. The van der Waals surface area contributed by atoms with Gasteiger partial charge in [0, 0.05) is 17.6 Å². The van der Waals surface area contributed by atoms with Crippen molar-refractivity contribution in [2.45, 2.75) is 64.1 Å². The number of carbonyl (C=O) groups is 2. The van der Waals surface area contributed by atoms with Crippen LogP contribution in [0.15, 0.2) is 77.7 Å². The quantitative estimate of drug-likeness (QED) is 0.277. The number of methoxy groups -OCH3 is 1. The lowest BCUT2D eigenvalue weighted by Crippen LogP contribution is -2.53. The second-order valence-electron chi connectivity index (χ2n) is 9.82. The molecule has 0 saturated carbocycles. The van der Waals surface area contributed by atoms with Crippen LogP contribution in [0, 0.1) is 6.92 Å². The molecule has 8 nitrogen and oxygen atoms in total. The van der Waals surface area contributed by atoms with Crippen LogP contribution in [0.1, 0.15) is 44.7 Å². The van der Waals surface area contributed by atoms with Gasteiger partial charge in [0.15, 0.2) is 0 Å². The van der Waals surface area contributed by atoms with Gasteiger partial charge in [-0.3, -0.25) is 13.9 Å². The maximum Gasteiger partial charge on any atom is 0.264 e. The molecular formula is C31H38ClN3O5S. The lowest BCUT2D eigenvalue weighted by molar-refractivity contribution is -0.140. The monoisotopic (exact) mass is 599 g/mol. The number of sulfonamides is 1. The van der Waals surface area contributed by atoms with Crippen molar-refractivity contribution in [3.05, 3.63) is 88.9 Å². The third-order valence-electron chi connectivity index (χ3n) is 7.02. The van der Waals surface area contributed by atoms with Gasteiger partial charge in [0.25, 0.3) is 10.0 Å². The Morgan fingerprint density at radius 3 is 2.20 bits per heavy atom. The van der Waals surface area contributed by atoms with Gasteiger partial charge in [-0.1, -0.05) is 61.8 Å². The van der Waals surface area contributed by atoms with Crippen LogP contribution in [0.4, 0.5) is 5.69 Å². The van der Waals surface area contributed by atoms with Crippen LogP contribution < -0.4 is 14.4 Å². The first kappa shape index (κ1) is 32.0. The van der Waals surface area contributed by atoms with E-state index in [0.29, 0.717) is 22.8 Å². The summed E-state index contributed by atoms with van der Waals surface area (Å²) in [6, 6.07) is 19.2. The van der Waals surface area contributed by atoms with Crippen molar-refractivity contribution in [1.82, 2.24) is 10.2 Å². The fraction of sp³-hybridized carbons (Fsp3) is 0.355. The minimum absolute atomic E-state index is 0.0374. The molecule has 0 unspecified atom stereocenters. The number of ether oxygens (including phenoxy) is 1. The zero-order valence-electron chi connectivity index (χ0n) is 24.1. The summed E-state index contributed by atoms with van der Waals surface area (Å²) in [4.78, 5) is 29.0. The predicted molar refractivity (Wildman–Crippen MR) is 163 cm³/mol. The molecule has 0 aromatic heterocycles. The van der Waals surface area contributed by atoms with Crippen LogP contribution >= 0.6 is 11.6 Å². The number of amides is 2. The Morgan fingerprint density at radius 2 is 1.61 bits per heavy atom. The van der Waals surface area contributed by atoms with Gasteiger partial charge in [0.05, 0.1) is 17.7 Å². The van der Waals surface area contributed by atoms with Gasteiger partial charge in [-0.25, -0.2) is 8.42 Å². The molecule has 0 heterocycles. The van der Waals surface area contributed by atoms with Gasteiger partial charge >= 0.3 is 0 Å². The number of benzene rings is 3. The van der Waals surface area contributed by atoms with Crippen LogP contribution in [0.25, 0.3) is 0 Å². The Morgan fingerprint density at radius 1 is 0.951 bits per heavy atom. The van der Waals surface area contributed by atoms with Crippen molar-refractivity contribution in [2.24, 2.45) is 0 Å². The number of carbonyl (C=O) groups excluding carboxylic acids is 2. The van der Waals surface area contributed by atoms with Gasteiger partial charge in [-0.15, -0.1) is 0 Å². The number of anilines is 1. The molecular weight excluding hydrogens is 562 g/mol. The third-order valence-corrected chi connectivity index (χ3v) is 9.20. The molecule has 2 amide bonds. The van der Waals surface area contributed by atoms with E-state index in [1.807, 2.05) is 32.9 Å². The van der Waals surface area contributed by atoms with E-state index in [4.69, 9.17) is 16.3 Å². The number of hydrogen-bond donors (Lipinski definition) is 1. The van der Waals surface area contributed by atoms with Crippen molar-refractivity contribution < 1.29 is 22.7 Å². The van der Waals surface area contributed by atoms with Gasteiger partial charge in [0.2, 0.25) is 11.8 Å². The highest BCUT2D eigenvalue weighted by Gasteiger charge is 2.34. The van der Waals surface area contributed by atoms with Gasteiger partial charge in [-0.05, 0) is 74.2 Å². The smallest absolute Gasteiger partial charge is 0.264 e. The fourth-order valence-corrected chi connectivity index (χ4v) is 6.05. The predicted octanol–water partition coefficient (Wildman–Crippen LogP) is 5.57. The molecule has 0 aliphatic rings. The van der Waals surface area contributed by atoms with Crippen molar-refractivity contribution >= 4 is 39.1 Å². The standard InChI is InChI=1S/C31H38ClN3O5S/c1-6-22(3)33-31(37)28(7-2)34(20-24-16-18-25(40-5)19-17-24)30(36)21-35(29-15-11-14-27(32)23(29)4)41(38,39)26-12-9-8-10-13-26/h8-19,22,28H,6-7,20-21H2,1-5H3,(H,33,37)/t22-,28+/m0/s1. The third kappa shape index (κ3) is 7.80. The molecule has 10 heteroatoms. The van der Waals surface area contributed by atoms with Crippen molar-refractivity contribution in [1.29, 1.82) is 0 Å². The lowest BCUT2D eigenvalue weighted by atomic mass is 10.1. The van der Waals surface area contributed by atoms with E-state index in [0.717, 1.165) is 16.3 Å². The maximum absolute atomic E-state index is 14.2. The Hall–Kier alpha value is -3.56. The van der Waals surface area contributed by atoms with Crippen molar-refractivity contribution in [3.8, 4) is 5.75 Å². The second kappa shape index (κ2) is 14.4. The minimum atomic E-state index is -4.17. The molecule has 3 aromatic carbocycles. The number of nitrogens with one attached hydrogen (secondary N) is 1. The SMILES string of the molecule is CC[C@H](C(=O)N[C@@H](C)CC)N(Cc1ccc(OC)cc1)C(=O)CN(c1cccc(Cl)c1C)S(=O)(=O)c1ccccc1. The van der Waals surface area contributed by atoms with Crippen molar-refractivity contribution in [2.75, 3.05) is 18.0 Å². The highest BCUT2D eigenvalue weighted by atomic mass is 35.5. The molecule has 0 bridgehead atoms. The van der Waals surface area contributed by atoms with Gasteiger partial charge in [0.1, 0.15) is 18.3 Å². The molecule has 2 atom stereocenters. The summed E-state index contributed by atoms with van der Waals surface area (Å²) < 4.78 is 34.3. The van der Waals surface area contributed by atoms with Gasteiger partial charge < -0.3 is 15.0 Å². The summed E-state index contributed by atoms with van der Waals surface area (Å²) in [5.41, 5.74) is 1.58. The molecule has 0 radical (unpaired) electrons. The first-order chi connectivity index (χ1) is 19.5. The minimum Gasteiger partial charge on any atom is -0.497 e. The Balaban J connectivity index is 2.08. The molecule has 0 aliphatic heterocycles. The Bertz CT molecular complexity index is 1430. The second-order valence-corrected chi connectivity index (χ2v) is 12.1. The molecule has 0 aliphatic carbocycles. The average Bonchev–Trinajstić information content (AvgIpc) is 2.97. The number of rotatable bonds is 13. The van der Waals surface area contributed by atoms with E-state index in [1.54, 1.807) is 62.6 Å². The summed E-state index contributed by atoms with van der Waals surface area (Å²) in [7, 11) is -2.60. The molecule has 0 fully saturated rings. The summed E-state index contributed by atoms with van der Waals surface area (Å²) >= 11 is 6.38. The summed E-state index contributed by atoms with van der Waals surface area (Å²) in [5.74, 6) is -0.157. The summed E-state index contributed by atoms with van der Waals surface area (Å²) in [5, 5.41) is 3.35. The van der Waals surface area contributed by atoms with E-state index >= 15 is 0 Å². The first-order valence-corrected chi connectivity index (χ1v) is 15.4. The van der Waals surface area contributed by atoms with E-state index in [1.165, 1.54) is 17.0 Å². The molecule has 0 saturated heterocycles. The number of nitrogens with zero attached hydrogens (tertiary/aromatic N) is 2. The zero-order valence-corrected chi connectivity index (χ0v) is 25.7. The molecule has 0 spiro atoms. The zero-order chi connectivity index (χ0) is 30.2. The first-order valence-electron chi connectivity index (χ1n) is 13.6. The molecule has 3 aromatic rings. The highest BCUT2D eigenvalue weighted by molar-refractivity contribution is 7.92. The highest BCUT2D eigenvalue weighted by Crippen LogP contribution is 2.31. The largest absolute Gasteiger partial charge is 0.497 e. The van der Waals surface area contributed by atoms with E-state index in [2.05, 4.69) is 5.32 Å². The van der Waals surface area contributed by atoms with E-state index in [9.17, 15) is 18.0 Å². The Kier molecular flexibility index (Phi) is 11.2. The van der Waals surface area contributed by atoms with Crippen LogP contribution in [-0.2, 0) is 26.2 Å². The Labute approximate surface area is 248 Å². The number of hydrogen-bond acceptors (Lipinski definition) is 5.